The molecule has 1 amide bonds. The van der Waals surface area contributed by atoms with Gasteiger partial charge in [0.1, 0.15) is 17.2 Å². The highest BCUT2D eigenvalue weighted by Gasteiger charge is 2.44. The Balaban J connectivity index is 1.16. The maximum absolute atomic E-state index is 13.1. The average molecular weight is 544 g/mol. The fourth-order valence-corrected chi connectivity index (χ4v) is 6.30. The van der Waals surface area contributed by atoms with Crippen molar-refractivity contribution in [2.24, 2.45) is 5.92 Å². The van der Waals surface area contributed by atoms with Crippen molar-refractivity contribution in [3.05, 3.63) is 41.9 Å². The fourth-order valence-electron chi connectivity index (χ4n) is 6.30. The van der Waals surface area contributed by atoms with Crippen molar-refractivity contribution in [3.8, 4) is 0 Å². The summed E-state index contributed by atoms with van der Waals surface area (Å²) < 4.78 is 40.5. The Hall–Kier alpha value is -3.74. The molecule has 2 unspecified atom stereocenters. The van der Waals surface area contributed by atoms with E-state index >= 15 is 0 Å². The lowest BCUT2D eigenvalue weighted by atomic mass is 9.99. The molecule has 2 bridgehead atoms. The van der Waals surface area contributed by atoms with Gasteiger partial charge in [-0.25, -0.2) is 14.8 Å². The zero-order valence-electron chi connectivity index (χ0n) is 21.1. The summed E-state index contributed by atoms with van der Waals surface area (Å²) in [5, 5.41) is 13.4. The predicted molar refractivity (Wildman–Crippen MR) is 135 cm³/mol. The van der Waals surface area contributed by atoms with Crippen molar-refractivity contribution >= 4 is 34.7 Å². The molecule has 1 saturated carbocycles. The number of nitrogens with one attached hydrogen (secondary N) is 1. The molecule has 1 aliphatic carbocycles. The summed E-state index contributed by atoms with van der Waals surface area (Å²) in [6, 6.07) is 4.61. The van der Waals surface area contributed by atoms with E-state index in [0.717, 1.165) is 25.7 Å². The number of hydrogen-bond donors (Lipinski definition) is 2. The van der Waals surface area contributed by atoms with Gasteiger partial charge in [-0.2, -0.15) is 18.2 Å². The van der Waals surface area contributed by atoms with Crippen LogP contribution in [-0.4, -0.2) is 84.7 Å². The summed E-state index contributed by atoms with van der Waals surface area (Å²) in [5.41, 5.74) is 1.08. The van der Waals surface area contributed by atoms with E-state index in [0.29, 0.717) is 41.9 Å². The van der Waals surface area contributed by atoms with Gasteiger partial charge in [0, 0.05) is 49.5 Å². The Bertz CT molecular complexity index is 1400. The molecular formula is C26H28F3N7O3. The third-order valence-corrected chi connectivity index (χ3v) is 7.93. The molecule has 3 aliphatic rings. The molecule has 206 valence electrons. The number of carboxylic acids is 1. The van der Waals surface area contributed by atoms with E-state index in [4.69, 9.17) is 0 Å². The van der Waals surface area contributed by atoms with Crippen LogP contribution in [0.25, 0.3) is 11.0 Å². The summed E-state index contributed by atoms with van der Waals surface area (Å²) in [6.45, 7) is 0.0846. The second kappa shape index (κ2) is 9.78. The van der Waals surface area contributed by atoms with E-state index in [1.807, 2.05) is 0 Å². The van der Waals surface area contributed by atoms with Crippen molar-refractivity contribution in [2.45, 2.75) is 50.4 Å². The minimum absolute atomic E-state index is 0.0286. The average Bonchev–Trinajstić information content (AvgIpc) is 3.60. The number of carbonyl (C=O) groups excluding carboxylic acids is 1. The molecule has 0 radical (unpaired) electrons. The lowest BCUT2D eigenvalue weighted by molar-refractivity contribution is -0.147. The van der Waals surface area contributed by atoms with Gasteiger partial charge in [0.25, 0.3) is 5.91 Å². The summed E-state index contributed by atoms with van der Waals surface area (Å²) in [7, 11) is 0. The zero-order chi connectivity index (χ0) is 27.3. The van der Waals surface area contributed by atoms with Gasteiger partial charge in [-0.3, -0.25) is 9.69 Å². The van der Waals surface area contributed by atoms with Gasteiger partial charge < -0.3 is 19.9 Å². The standard InChI is InChI=1S/C26H28F3N7O3/c27-26(28,29)14-35-12-15-7-19(35)13-34(11-15)23(37)16-5-6-21(30-9-16)32-25-31-10-17-8-20(24(38)39)36(22(17)33-25)18-3-1-2-4-18/h5-6,8-10,15,18-19H,1-4,7,11-14H2,(H,38,39)(H,30,31,32,33). The van der Waals surface area contributed by atoms with E-state index in [-0.39, 0.29) is 42.1 Å². The minimum Gasteiger partial charge on any atom is -0.477 e. The van der Waals surface area contributed by atoms with Crippen LogP contribution in [0, 0.1) is 5.92 Å². The van der Waals surface area contributed by atoms with Crippen LogP contribution in [0.3, 0.4) is 0 Å². The topological polar surface area (TPSA) is 116 Å². The number of aromatic carboxylic acids is 1. The third-order valence-electron chi connectivity index (χ3n) is 7.93. The molecule has 6 rings (SSSR count). The number of fused-ring (bicyclic) bond motifs is 3. The normalized spacial score (nSPS) is 22.1. The summed E-state index contributed by atoms with van der Waals surface area (Å²) in [5.74, 6) is -0.586. The zero-order valence-corrected chi connectivity index (χ0v) is 21.1. The van der Waals surface area contributed by atoms with Gasteiger partial charge in [0.15, 0.2) is 0 Å². The maximum Gasteiger partial charge on any atom is 0.401 e. The number of hydrogen-bond acceptors (Lipinski definition) is 7. The number of alkyl halides is 3. The number of carboxylic acid groups (broad SMARTS) is 1. The smallest absolute Gasteiger partial charge is 0.401 e. The SMILES string of the molecule is O=C(O)c1cc2cnc(Nc3ccc(C(=O)N4CC5CC(C4)N(CC(F)(F)F)C5)cn3)nc2n1C1CCCC1. The van der Waals surface area contributed by atoms with Crippen molar-refractivity contribution in [1.29, 1.82) is 0 Å². The van der Waals surface area contributed by atoms with Gasteiger partial charge in [0.2, 0.25) is 5.95 Å². The van der Waals surface area contributed by atoms with Crippen LogP contribution in [0.4, 0.5) is 24.9 Å². The number of nitrogens with zero attached hydrogens (tertiary/aromatic N) is 6. The van der Waals surface area contributed by atoms with Crippen LogP contribution in [-0.2, 0) is 0 Å². The first kappa shape index (κ1) is 25.5. The van der Waals surface area contributed by atoms with Crippen LogP contribution in [0.15, 0.2) is 30.6 Å². The van der Waals surface area contributed by atoms with E-state index in [1.165, 1.54) is 11.1 Å². The first-order chi connectivity index (χ1) is 18.6. The molecule has 2 N–H and O–H groups in total. The molecule has 3 aromatic heterocycles. The Kier molecular flexibility index (Phi) is 6.40. The van der Waals surface area contributed by atoms with Gasteiger partial charge in [0.05, 0.1) is 12.1 Å². The number of amides is 1. The Morgan fingerprint density at radius 1 is 1.05 bits per heavy atom. The van der Waals surface area contributed by atoms with Crippen molar-refractivity contribution in [3.63, 3.8) is 0 Å². The number of anilines is 2. The summed E-state index contributed by atoms with van der Waals surface area (Å²) >= 11 is 0. The molecule has 0 aromatic carbocycles. The Morgan fingerprint density at radius 2 is 1.85 bits per heavy atom. The molecule has 5 heterocycles. The van der Waals surface area contributed by atoms with E-state index in [1.54, 1.807) is 33.9 Å². The first-order valence-corrected chi connectivity index (χ1v) is 13.1. The van der Waals surface area contributed by atoms with Crippen LogP contribution < -0.4 is 5.32 Å². The number of likely N-dealkylation sites (tertiary alicyclic amines) is 2. The lowest BCUT2D eigenvalue weighted by Gasteiger charge is -2.33. The Morgan fingerprint density at radius 3 is 2.54 bits per heavy atom. The maximum atomic E-state index is 13.1. The molecule has 2 saturated heterocycles. The molecule has 13 heteroatoms. The van der Waals surface area contributed by atoms with Crippen molar-refractivity contribution in [1.82, 2.24) is 29.3 Å². The van der Waals surface area contributed by atoms with E-state index in [9.17, 15) is 27.9 Å². The third kappa shape index (κ3) is 5.14. The molecule has 39 heavy (non-hydrogen) atoms. The largest absolute Gasteiger partial charge is 0.477 e. The first-order valence-electron chi connectivity index (χ1n) is 13.1. The molecule has 3 aromatic rings. The molecule has 2 atom stereocenters. The molecule has 3 fully saturated rings. The van der Waals surface area contributed by atoms with Gasteiger partial charge in [-0.1, -0.05) is 12.8 Å². The summed E-state index contributed by atoms with van der Waals surface area (Å²) in [4.78, 5) is 41.2. The van der Waals surface area contributed by atoms with Gasteiger partial charge in [-0.05, 0) is 43.4 Å². The van der Waals surface area contributed by atoms with Gasteiger partial charge >= 0.3 is 12.1 Å². The molecule has 10 nitrogen and oxygen atoms in total. The Labute approximate surface area is 221 Å². The van der Waals surface area contributed by atoms with Crippen LogP contribution in [0.1, 0.15) is 59.0 Å². The van der Waals surface area contributed by atoms with Crippen molar-refractivity contribution < 1.29 is 27.9 Å². The van der Waals surface area contributed by atoms with Gasteiger partial charge in [-0.15, -0.1) is 0 Å². The number of aromatic nitrogens is 4. The lowest BCUT2D eigenvalue weighted by Crippen LogP contribution is -2.46. The fraction of sp³-hybridized carbons (Fsp3) is 0.500. The summed E-state index contributed by atoms with van der Waals surface area (Å²) in [6.07, 6.45) is 3.29. The monoisotopic (exact) mass is 543 g/mol. The number of pyridine rings is 1. The number of carbonyl (C=O) groups is 2. The second-order valence-corrected chi connectivity index (χ2v) is 10.7. The van der Waals surface area contributed by atoms with E-state index in [2.05, 4.69) is 20.3 Å². The molecular weight excluding hydrogens is 515 g/mol. The highest BCUT2D eigenvalue weighted by Crippen LogP contribution is 2.35. The van der Waals surface area contributed by atoms with Crippen molar-refractivity contribution in [2.75, 3.05) is 31.5 Å². The van der Waals surface area contributed by atoms with Crippen LogP contribution >= 0.6 is 0 Å². The highest BCUT2D eigenvalue weighted by atomic mass is 19.4. The number of piperidine rings is 1. The van der Waals surface area contributed by atoms with E-state index < -0.39 is 18.7 Å². The van der Waals surface area contributed by atoms with Crippen LogP contribution in [0.2, 0.25) is 0 Å². The molecule has 0 spiro atoms. The number of rotatable bonds is 6. The van der Waals surface area contributed by atoms with Crippen LogP contribution in [0.5, 0.6) is 0 Å². The number of halogens is 3. The second-order valence-electron chi connectivity index (χ2n) is 10.7. The minimum atomic E-state index is -4.26. The highest BCUT2D eigenvalue weighted by molar-refractivity contribution is 5.94. The predicted octanol–water partition coefficient (Wildman–Crippen LogP) is 4.09. The quantitative estimate of drug-likeness (QED) is 0.478. The molecule has 2 aliphatic heterocycles.